The summed E-state index contributed by atoms with van der Waals surface area (Å²) in [6.07, 6.45) is 5.34. The molecule has 1 saturated heterocycles. The minimum atomic E-state index is 0.451. The predicted octanol–water partition coefficient (Wildman–Crippen LogP) is 2.25. The van der Waals surface area contributed by atoms with Gasteiger partial charge in [-0.05, 0) is 46.2 Å². The fraction of sp³-hybridized carbons (Fsp3) is 1.00. The molecule has 0 aromatic heterocycles. The monoisotopic (exact) mass is 198 g/mol. The number of hydrogen-bond acceptors (Lipinski definition) is 2. The number of hydrogen-bond donors (Lipinski definition) is 1. The average molecular weight is 198 g/mol. The molecular weight excluding hydrogens is 172 g/mol. The molecule has 1 fully saturated rings. The highest BCUT2D eigenvalue weighted by Gasteiger charge is 2.30. The van der Waals surface area contributed by atoms with Gasteiger partial charge in [-0.3, -0.25) is 4.90 Å². The lowest BCUT2D eigenvalue weighted by molar-refractivity contribution is 0.176. The second-order valence-electron chi connectivity index (χ2n) is 5.01. The summed E-state index contributed by atoms with van der Waals surface area (Å²) in [5.74, 6) is 0. The van der Waals surface area contributed by atoms with Gasteiger partial charge in [0.15, 0.2) is 0 Å². The number of nitrogens with zero attached hydrogens (tertiary/aromatic N) is 1. The summed E-state index contributed by atoms with van der Waals surface area (Å²) in [7, 11) is 0. The highest BCUT2D eigenvalue weighted by Crippen LogP contribution is 2.27. The van der Waals surface area contributed by atoms with Gasteiger partial charge in [-0.1, -0.05) is 13.3 Å². The molecule has 0 amide bonds. The van der Waals surface area contributed by atoms with Gasteiger partial charge < -0.3 is 5.32 Å². The van der Waals surface area contributed by atoms with E-state index in [2.05, 4.69) is 31.0 Å². The topological polar surface area (TPSA) is 15.3 Å². The Morgan fingerprint density at radius 1 is 1.29 bits per heavy atom. The summed E-state index contributed by atoms with van der Waals surface area (Å²) in [6, 6.07) is 0. The molecule has 1 N–H and O–H groups in total. The van der Waals surface area contributed by atoms with Crippen molar-refractivity contribution < 1.29 is 0 Å². The second-order valence-corrected chi connectivity index (χ2v) is 5.01. The van der Waals surface area contributed by atoms with E-state index < -0.39 is 0 Å². The molecule has 0 aromatic carbocycles. The molecule has 1 rings (SSSR count). The smallest absolute Gasteiger partial charge is 0.0154 e. The van der Waals surface area contributed by atoms with Crippen LogP contribution >= 0.6 is 0 Å². The summed E-state index contributed by atoms with van der Waals surface area (Å²) in [5.41, 5.74) is 0.451. The zero-order chi connectivity index (χ0) is 10.4. The van der Waals surface area contributed by atoms with Gasteiger partial charge in [0.25, 0.3) is 0 Å². The normalized spacial score (nSPS) is 21.6. The fourth-order valence-electron chi connectivity index (χ4n) is 2.22. The van der Waals surface area contributed by atoms with Crippen LogP contribution in [0.15, 0.2) is 0 Å². The van der Waals surface area contributed by atoms with Crippen LogP contribution in [0.3, 0.4) is 0 Å². The minimum Gasteiger partial charge on any atom is -0.315 e. The Hall–Kier alpha value is -0.0800. The van der Waals surface area contributed by atoms with Crippen LogP contribution < -0.4 is 5.32 Å². The highest BCUT2D eigenvalue weighted by atomic mass is 15.2. The number of nitrogens with one attached hydrogen (secondary N) is 1. The van der Waals surface area contributed by atoms with Gasteiger partial charge in [0.2, 0.25) is 0 Å². The largest absolute Gasteiger partial charge is 0.315 e. The SMILES string of the molecule is CCCCNCCN1CCCC1(C)C. The molecule has 0 atom stereocenters. The Kier molecular flexibility index (Phi) is 4.90. The number of unbranched alkanes of at least 4 members (excludes halogenated alkanes) is 1. The predicted molar refractivity (Wildman–Crippen MR) is 62.7 cm³/mol. The first kappa shape index (κ1) is 12.0. The lowest BCUT2D eigenvalue weighted by Gasteiger charge is -2.31. The Morgan fingerprint density at radius 2 is 2.07 bits per heavy atom. The molecule has 1 heterocycles. The maximum absolute atomic E-state index is 3.51. The van der Waals surface area contributed by atoms with Crippen molar-refractivity contribution in [1.29, 1.82) is 0 Å². The highest BCUT2D eigenvalue weighted by molar-refractivity contribution is 4.87. The summed E-state index contributed by atoms with van der Waals surface area (Å²) in [5, 5.41) is 3.51. The summed E-state index contributed by atoms with van der Waals surface area (Å²) in [4.78, 5) is 2.62. The van der Waals surface area contributed by atoms with E-state index in [1.807, 2.05) is 0 Å². The number of likely N-dealkylation sites (tertiary alicyclic amines) is 1. The van der Waals surface area contributed by atoms with E-state index in [1.54, 1.807) is 0 Å². The van der Waals surface area contributed by atoms with Gasteiger partial charge in [0, 0.05) is 18.6 Å². The van der Waals surface area contributed by atoms with Crippen molar-refractivity contribution in [2.24, 2.45) is 0 Å². The summed E-state index contributed by atoms with van der Waals surface area (Å²) < 4.78 is 0. The van der Waals surface area contributed by atoms with E-state index in [0.29, 0.717) is 5.54 Å². The Bertz CT molecular complexity index is 154. The van der Waals surface area contributed by atoms with Crippen LogP contribution in [0.5, 0.6) is 0 Å². The fourth-order valence-corrected chi connectivity index (χ4v) is 2.22. The quantitative estimate of drug-likeness (QED) is 0.659. The lowest BCUT2D eigenvalue weighted by Crippen LogP contribution is -2.42. The minimum absolute atomic E-state index is 0.451. The van der Waals surface area contributed by atoms with Crippen LogP contribution in [-0.2, 0) is 0 Å². The van der Waals surface area contributed by atoms with Crippen LogP contribution in [-0.4, -0.2) is 36.6 Å². The van der Waals surface area contributed by atoms with Crippen molar-refractivity contribution in [2.75, 3.05) is 26.2 Å². The third-order valence-corrected chi connectivity index (χ3v) is 3.34. The molecule has 14 heavy (non-hydrogen) atoms. The van der Waals surface area contributed by atoms with Crippen LogP contribution in [0, 0.1) is 0 Å². The molecule has 0 radical (unpaired) electrons. The maximum Gasteiger partial charge on any atom is 0.0154 e. The molecule has 0 unspecified atom stereocenters. The van der Waals surface area contributed by atoms with Crippen molar-refractivity contribution in [3.8, 4) is 0 Å². The Balaban J connectivity index is 2.06. The molecule has 0 aliphatic carbocycles. The molecule has 0 spiro atoms. The Labute approximate surface area is 89.1 Å². The van der Waals surface area contributed by atoms with Gasteiger partial charge in [-0.25, -0.2) is 0 Å². The molecule has 84 valence electrons. The van der Waals surface area contributed by atoms with Gasteiger partial charge in [0.1, 0.15) is 0 Å². The van der Waals surface area contributed by atoms with Crippen molar-refractivity contribution in [3.05, 3.63) is 0 Å². The average Bonchev–Trinajstić information content (AvgIpc) is 2.45. The van der Waals surface area contributed by atoms with E-state index in [-0.39, 0.29) is 0 Å². The van der Waals surface area contributed by atoms with E-state index >= 15 is 0 Å². The molecule has 2 heteroatoms. The third kappa shape index (κ3) is 3.58. The van der Waals surface area contributed by atoms with Gasteiger partial charge in [-0.2, -0.15) is 0 Å². The van der Waals surface area contributed by atoms with Gasteiger partial charge in [0.05, 0.1) is 0 Å². The van der Waals surface area contributed by atoms with Crippen molar-refractivity contribution >= 4 is 0 Å². The maximum atomic E-state index is 3.51. The van der Waals surface area contributed by atoms with Crippen molar-refractivity contribution in [1.82, 2.24) is 10.2 Å². The molecule has 0 bridgehead atoms. The van der Waals surface area contributed by atoms with Gasteiger partial charge in [-0.15, -0.1) is 0 Å². The third-order valence-electron chi connectivity index (χ3n) is 3.34. The first-order valence-electron chi connectivity index (χ1n) is 6.12. The van der Waals surface area contributed by atoms with Gasteiger partial charge >= 0.3 is 0 Å². The van der Waals surface area contributed by atoms with Crippen molar-refractivity contribution in [2.45, 2.75) is 52.0 Å². The van der Waals surface area contributed by atoms with Crippen LogP contribution in [0.2, 0.25) is 0 Å². The first-order chi connectivity index (χ1) is 6.67. The van der Waals surface area contributed by atoms with E-state index in [0.717, 1.165) is 6.54 Å². The van der Waals surface area contributed by atoms with E-state index in [1.165, 1.54) is 45.3 Å². The standard InChI is InChI=1S/C12H26N2/c1-4-5-8-13-9-11-14-10-6-7-12(14,2)3/h13H,4-11H2,1-3H3. The van der Waals surface area contributed by atoms with E-state index in [9.17, 15) is 0 Å². The van der Waals surface area contributed by atoms with Crippen molar-refractivity contribution in [3.63, 3.8) is 0 Å². The zero-order valence-electron chi connectivity index (χ0n) is 10.1. The molecule has 0 aromatic rings. The second kappa shape index (κ2) is 5.72. The van der Waals surface area contributed by atoms with Crippen LogP contribution in [0.25, 0.3) is 0 Å². The Morgan fingerprint density at radius 3 is 2.64 bits per heavy atom. The molecule has 1 aliphatic heterocycles. The molecule has 0 saturated carbocycles. The van der Waals surface area contributed by atoms with Crippen LogP contribution in [0.1, 0.15) is 46.5 Å². The lowest BCUT2D eigenvalue weighted by atomic mass is 10.0. The molecular formula is C12H26N2. The zero-order valence-corrected chi connectivity index (χ0v) is 10.1. The molecule has 2 nitrogen and oxygen atoms in total. The first-order valence-corrected chi connectivity index (χ1v) is 6.12. The van der Waals surface area contributed by atoms with E-state index in [4.69, 9.17) is 0 Å². The summed E-state index contributed by atoms with van der Waals surface area (Å²) in [6.45, 7) is 11.8. The molecule has 1 aliphatic rings. The van der Waals surface area contributed by atoms with Crippen LogP contribution in [0.4, 0.5) is 0 Å². The summed E-state index contributed by atoms with van der Waals surface area (Å²) >= 11 is 0. The number of rotatable bonds is 6.